The fourth-order valence-electron chi connectivity index (χ4n) is 3.95. The first-order chi connectivity index (χ1) is 15.9. The van der Waals surface area contributed by atoms with E-state index < -0.39 is 15.1 Å². The van der Waals surface area contributed by atoms with Crippen LogP contribution in [-0.2, 0) is 9.84 Å². The number of benzene rings is 2. The number of nitrogens with zero attached hydrogens (tertiary/aromatic N) is 2. The standard InChI is InChI=1S/C23H25BrN2O5S2/c1-29-19-6-4-15(12-21(19)31-3)18-14-32-23(25-18)26-10-8-17(9-11-26)33(27,28)22-13-16(24)5-7-20(22)30-2/h4-7,12-14,17H,8-11H2,1-3H3. The molecule has 0 spiro atoms. The minimum atomic E-state index is -3.51. The summed E-state index contributed by atoms with van der Waals surface area (Å²) >= 11 is 4.93. The van der Waals surface area contributed by atoms with E-state index in [1.807, 2.05) is 23.6 Å². The average Bonchev–Trinajstić information content (AvgIpc) is 3.34. The normalized spacial score (nSPS) is 14.8. The molecular formula is C23H25BrN2O5S2. The number of ether oxygens (including phenoxy) is 3. The Bertz CT molecular complexity index is 1240. The maximum atomic E-state index is 13.3. The van der Waals surface area contributed by atoms with Gasteiger partial charge in [-0.2, -0.15) is 0 Å². The SMILES string of the molecule is COc1ccc(-c2csc(N3CCC(S(=O)(=O)c4cc(Br)ccc4OC)CC3)n2)cc1OC. The van der Waals surface area contributed by atoms with Crippen LogP contribution in [0.25, 0.3) is 11.3 Å². The van der Waals surface area contributed by atoms with Gasteiger partial charge in [-0.1, -0.05) is 15.9 Å². The highest BCUT2D eigenvalue weighted by Crippen LogP contribution is 2.37. The Hall–Kier alpha value is -2.30. The van der Waals surface area contributed by atoms with Crippen LogP contribution in [-0.4, -0.2) is 53.1 Å². The highest BCUT2D eigenvalue weighted by atomic mass is 79.9. The number of hydrogen-bond donors (Lipinski definition) is 0. The predicted molar refractivity (Wildman–Crippen MR) is 134 cm³/mol. The van der Waals surface area contributed by atoms with Crippen molar-refractivity contribution in [1.29, 1.82) is 0 Å². The van der Waals surface area contributed by atoms with E-state index in [1.165, 1.54) is 7.11 Å². The number of hydrogen-bond acceptors (Lipinski definition) is 8. The van der Waals surface area contributed by atoms with Gasteiger partial charge in [0.1, 0.15) is 10.6 Å². The van der Waals surface area contributed by atoms with Crippen molar-refractivity contribution in [3.8, 4) is 28.5 Å². The Labute approximate surface area is 206 Å². The van der Waals surface area contributed by atoms with Crippen molar-refractivity contribution in [2.24, 2.45) is 0 Å². The van der Waals surface area contributed by atoms with E-state index in [9.17, 15) is 8.42 Å². The van der Waals surface area contributed by atoms with Crippen molar-refractivity contribution in [2.75, 3.05) is 39.3 Å². The lowest BCUT2D eigenvalue weighted by molar-refractivity contribution is 0.355. The summed E-state index contributed by atoms with van der Waals surface area (Å²) in [4.78, 5) is 7.18. The van der Waals surface area contributed by atoms with Crippen LogP contribution in [0.1, 0.15) is 12.8 Å². The van der Waals surface area contributed by atoms with Gasteiger partial charge < -0.3 is 19.1 Å². The maximum Gasteiger partial charge on any atom is 0.185 e. The molecule has 10 heteroatoms. The number of thiazole rings is 1. The molecule has 0 saturated carbocycles. The summed E-state index contributed by atoms with van der Waals surface area (Å²) in [6.07, 6.45) is 1.06. The number of aromatic nitrogens is 1. The zero-order valence-corrected chi connectivity index (χ0v) is 21.8. The van der Waals surface area contributed by atoms with Crippen LogP contribution in [0.4, 0.5) is 5.13 Å². The first kappa shape index (κ1) is 23.8. The number of anilines is 1. The minimum Gasteiger partial charge on any atom is -0.495 e. The number of sulfone groups is 1. The Morgan fingerprint density at radius 1 is 0.970 bits per heavy atom. The zero-order chi connectivity index (χ0) is 23.6. The molecule has 0 bridgehead atoms. The van der Waals surface area contributed by atoms with Crippen molar-refractivity contribution < 1.29 is 22.6 Å². The van der Waals surface area contributed by atoms with Gasteiger partial charge >= 0.3 is 0 Å². The first-order valence-corrected chi connectivity index (χ1v) is 13.6. The molecule has 4 rings (SSSR count). The Balaban J connectivity index is 1.48. The number of halogens is 1. The van der Waals surface area contributed by atoms with Gasteiger partial charge in [0.05, 0.1) is 32.3 Å². The Morgan fingerprint density at radius 2 is 1.64 bits per heavy atom. The summed E-state index contributed by atoms with van der Waals surface area (Å²) < 4.78 is 43.3. The van der Waals surface area contributed by atoms with Crippen molar-refractivity contribution >= 4 is 42.2 Å². The lowest BCUT2D eigenvalue weighted by Crippen LogP contribution is -2.39. The van der Waals surface area contributed by atoms with Crippen molar-refractivity contribution in [2.45, 2.75) is 23.0 Å². The summed E-state index contributed by atoms with van der Waals surface area (Å²) in [6, 6.07) is 10.8. The van der Waals surface area contributed by atoms with E-state index in [0.717, 1.165) is 16.4 Å². The van der Waals surface area contributed by atoms with E-state index in [1.54, 1.807) is 43.8 Å². The average molecular weight is 554 g/mol. The first-order valence-electron chi connectivity index (χ1n) is 10.4. The van der Waals surface area contributed by atoms with Crippen molar-refractivity contribution in [3.63, 3.8) is 0 Å². The summed E-state index contributed by atoms with van der Waals surface area (Å²) in [5, 5.41) is 2.43. The third-order valence-electron chi connectivity index (χ3n) is 5.75. The van der Waals surface area contributed by atoms with Crippen LogP contribution in [0.5, 0.6) is 17.2 Å². The third kappa shape index (κ3) is 4.83. The molecule has 0 radical (unpaired) electrons. The highest BCUT2D eigenvalue weighted by Gasteiger charge is 2.34. The van der Waals surface area contributed by atoms with Gasteiger partial charge in [0.25, 0.3) is 0 Å². The van der Waals surface area contributed by atoms with E-state index in [0.29, 0.717) is 47.7 Å². The smallest absolute Gasteiger partial charge is 0.185 e. The molecule has 0 unspecified atom stereocenters. The molecule has 1 saturated heterocycles. The van der Waals surface area contributed by atoms with Gasteiger partial charge in [0.15, 0.2) is 26.5 Å². The molecule has 2 aromatic carbocycles. The van der Waals surface area contributed by atoms with E-state index >= 15 is 0 Å². The van der Waals surface area contributed by atoms with Gasteiger partial charge in [0, 0.05) is 28.5 Å². The van der Waals surface area contributed by atoms with E-state index in [4.69, 9.17) is 19.2 Å². The molecular weight excluding hydrogens is 528 g/mol. The largest absolute Gasteiger partial charge is 0.495 e. The quantitative estimate of drug-likeness (QED) is 0.406. The Kier molecular flexibility index (Phi) is 7.16. The van der Waals surface area contributed by atoms with Gasteiger partial charge in [-0.05, 0) is 49.2 Å². The van der Waals surface area contributed by atoms with Crippen LogP contribution < -0.4 is 19.1 Å². The maximum absolute atomic E-state index is 13.3. The van der Waals surface area contributed by atoms with Crippen molar-refractivity contribution in [1.82, 2.24) is 4.98 Å². The molecule has 2 heterocycles. The van der Waals surface area contributed by atoms with Gasteiger partial charge in [-0.15, -0.1) is 11.3 Å². The van der Waals surface area contributed by atoms with Gasteiger partial charge in [0.2, 0.25) is 0 Å². The van der Waals surface area contributed by atoms with Crippen LogP contribution in [0.15, 0.2) is 51.1 Å². The summed E-state index contributed by atoms with van der Waals surface area (Å²) in [5.41, 5.74) is 1.79. The molecule has 0 amide bonds. The van der Waals surface area contributed by atoms with Crippen LogP contribution in [0.2, 0.25) is 0 Å². The molecule has 3 aromatic rings. The molecule has 7 nitrogen and oxygen atoms in total. The second-order valence-corrected chi connectivity index (χ2v) is 11.6. The highest BCUT2D eigenvalue weighted by molar-refractivity contribution is 9.10. The zero-order valence-electron chi connectivity index (χ0n) is 18.6. The molecule has 0 N–H and O–H groups in total. The van der Waals surface area contributed by atoms with Crippen LogP contribution >= 0.6 is 27.3 Å². The van der Waals surface area contributed by atoms with Crippen LogP contribution in [0.3, 0.4) is 0 Å². The predicted octanol–water partition coefficient (Wildman–Crippen LogP) is 5.04. The second-order valence-electron chi connectivity index (χ2n) is 7.61. The van der Waals surface area contributed by atoms with E-state index in [-0.39, 0.29) is 4.90 Å². The summed E-state index contributed by atoms with van der Waals surface area (Å²) in [5.74, 6) is 1.70. The van der Waals surface area contributed by atoms with Gasteiger partial charge in [-0.3, -0.25) is 0 Å². The number of rotatable bonds is 7. The van der Waals surface area contributed by atoms with E-state index in [2.05, 4.69) is 20.8 Å². The molecule has 0 aliphatic carbocycles. The Morgan fingerprint density at radius 3 is 2.30 bits per heavy atom. The van der Waals surface area contributed by atoms with Crippen LogP contribution in [0, 0.1) is 0 Å². The molecule has 1 aromatic heterocycles. The van der Waals surface area contributed by atoms with Crippen molar-refractivity contribution in [3.05, 3.63) is 46.3 Å². The third-order valence-corrected chi connectivity index (χ3v) is 9.43. The number of methoxy groups -OCH3 is 3. The molecule has 1 fully saturated rings. The monoisotopic (exact) mass is 552 g/mol. The lowest BCUT2D eigenvalue weighted by atomic mass is 10.1. The van der Waals surface area contributed by atoms with Gasteiger partial charge in [-0.25, -0.2) is 13.4 Å². The minimum absolute atomic E-state index is 0.239. The molecule has 1 aliphatic rings. The summed E-state index contributed by atoms with van der Waals surface area (Å²) in [6.45, 7) is 1.25. The lowest BCUT2D eigenvalue weighted by Gasteiger charge is -2.31. The molecule has 1 aliphatic heterocycles. The topological polar surface area (TPSA) is 78.0 Å². The number of piperidine rings is 1. The fourth-order valence-corrected chi connectivity index (χ4v) is 7.26. The molecule has 33 heavy (non-hydrogen) atoms. The second kappa shape index (κ2) is 9.90. The fraction of sp³-hybridized carbons (Fsp3) is 0.348. The molecule has 176 valence electrons. The molecule has 0 atom stereocenters. The summed E-state index contributed by atoms with van der Waals surface area (Å²) in [7, 11) is 1.19.